The maximum absolute atomic E-state index is 2.65. The first kappa shape index (κ1) is 23.8. The van der Waals surface area contributed by atoms with Gasteiger partial charge in [0, 0.05) is 0 Å². The zero-order valence-corrected chi connectivity index (χ0v) is 25.2. The molecule has 2 aliphatic carbocycles. The van der Waals surface area contributed by atoms with Gasteiger partial charge in [0.15, 0.2) is 0 Å². The second-order valence-corrected chi connectivity index (χ2v) is 30.7. The van der Waals surface area contributed by atoms with Gasteiger partial charge in [-0.15, -0.1) is 0 Å². The van der Waals surface area contributed by atoms with Crippen molar-refractivity contribution in [1.82, 2.24) is 0 Å². The van der Waals surface area contributed by atoms with Gasteiger partial charge >= 0.3 is 226 Å². The van der Waals surface area contributed by atoms with Crippen LogP contribution < -0.4 is 0 Å². The summed E-state index contributed by atoms with van der Waals surface area (Å²) in [6, 6.07) is 36.1. The largest absolute Gasteiger partial charge is 1.00 e. The van der Waals surface area contributed by atoms with Crippen molar-refractivity contribution in [3.8, 4) is 22.3 Å². The monoisotopic (exact) mass is 561 g/mol. The van der Waals surface area contributed by atoms with Gasteiger partial charge in [-0.2, -0.15) is 0 Å². The van der Waals surface area contributed by atoms with Gasteiger partial charge in [0.05, 0.1) is 0 Å². The van der Waals surface area contributed by atoms with E-state index >= 15 is 0 Å². The van der Waals surface area contributed by atoms with Crippen LogP contribution in [0.3, 0.4) is 0 Å². The van der Waals surface area contributed by atoms with Gasteiger partial charge in [-0.3, -0.25) is 0 Å². The molecule has 0 aromatic heterocycles. The maximum atomic E-state index is 2.65. The molecule has 0 saturated carbocycles. The molecular weight excluding hydrogens is 528 g/mol. The Morgan fingerprint density at radius 1 is 0.556 bits per heavy atom. The first-order valence-electron chi connectivity index (χ1n) is 13.1. The molecule has 0 spiro atoms. The summed E-state index contributed by atoms with van der Waals surface area (Å²) in [6.45, 7) is 10.1. The number of fused-ring (bicyclic) bond motifs is 2. The number of rotatable bonds is 5. The summed E-state index contributed by atoms with van der Waals surface area (Å²) >= 11 is -2.00. The van der Waals surface area contributed by atoms with E-state index in [2.05, 4.69) is 136 Å². The molecule has 179 valence electrons. The summed E-state index contributed by atoms with van der Waals surface area (Å²) < 4.78 is 1.36. The Morgan fingerprint density at radius 3 is 1.36 bits per heavy atom. The van der Waals surface area contributed by atoms with Gasteiger partial charge in [-0.25, -0.2) is 0 Å². The molecule has 0 N–H and O–H groups in total. The Morgan fingerprint density at radius 2 is 0.972 bits per heavy atom. The number of benzene rings is 4. The van der Waals surface area contributed by atoms with Crippen molar-refractivity contribution in [3.63, 3.8) is 0 Å². The molecule has 2 aliphatic rings. The summed E-state index contributed by atoms with van der Waals surface area (Å²) in [5, 5.41) is 0. The Labute approximate surface area is 227 Å². The number of hydrogen-bond donors (Lipinski definition) is 0. The van der Waals surface area contributed by atoms with Crippen LogP contribution in [-0.2, 0) is 20.9 Å². The van der Waals surface area contributed by atoms with Crippen molar-refractivity contribution < 1.29 is 23.8 Å². The van der Waals surface area contributed by atoms with E-state index in [9.17, 15) is 0 Å². The third-order valence-corrected chi connectivity index (χ3v) is 30.2. The van der Waals surface area contributed by atoms with Gasteiger partial charge in [0.25, 0.3) is 0 Å². The van der Waals surface area contributed by atoms with Crippen molar-refractivity contribution in [2.45, 2.75) is 34.2 Å². The molecule has 2 heteroatoms. The van der Waals surface area contributed by atoms with E-state index in [-0.39, 0.29) is 2.85 Å². The maximum Gasteiger partial charge on any atom is -1.00 e. The summed E-state index contributed by atoms with van der Waals surface area (Å²) in [5.74, 6) is -0.850. The predicted molar refractivity (Wildman–Crippen MR) is 158 cm³/mol. The van der Waals surface area contributed by atoms with E-state index in [0.29, 0.717) is 7.25 Å². The van der Waals surface area contributed by atoms with Gasteiger partial charge < -0.3 is 2.85 Å². The Balaban J connectivity index is 0.00000168. The summed E-state index contributed by atoms with van der Waals surface area (Å²) in [5.41, 5.74) is 14.9. The standard InChI is InChI=1S/2C16H13.C2H7Si.Zr.2H/c2*1-12-10-14-8-5-9-15(16(14)11-12)13-6-3-2-4-7-13;1-3-2;;;/h2*2-11H,1H3;3H,1-2H3;;;/q;;;+2;2*-1. The van der Waals surface area contributed by atoms with Crippen LogP contribution in [0.25, 0.3) is 34.4 Å². The van der Waals surface area contributed by atoms with Gasteiger partial charge in [-0.1, -0.05) is 0 Å². The van der Waals surface area contributed by atoms with Crippen molar-refractivity contribution in [1.29, 1.82) is 0 Å². The van der Waals surface area contributed by atoms with Gasteiger partial charge in [0.2, 0.25) is 0 Å². The van der Waals surface area contributed by atoms with Gasteiger partial charge in [0.1, 0.15) is 0 Å². The van der Waals surface area contributed by atoms with Crippen molar-refractivity contribution in [2.75, 3.05) is 0 Å². The first-order valence-corrected chi connectivity index (χ1v) is 23.1. The Hall–Kier alpha value is -2.54. The van der Waals surface area contributed by atoms with E-state index in [1.165, 1.54) is 33.4 Å². The van der Waals surface area contributed by atoms with Crippen LogP contribution in [0.4, 0.5) is 0 Å². The van der Waals surface area contributed by atoms with E-state index in [4.69, 9.17) is 0 Å². The fourth-order valence-electron chi connectivity index (χ4n) is 6.56. The molecule has 0 amide bonds. The third-order valence-electron chi connectivity index (χ3n) is 8.06. The molecule has 4 aromatic carbocycles. The van der Waals surface area contributed by atoms with Crippen LogP contribution in [-0.4, -0.2) is 5.92 Å². The minimum atomic E-state index is -2.00. The summed E-state index contributed by atoms with van der Waals surface area (Å²) in [7, 11) is 0. The van der Waals surface area contributed by atoms with Crippen LogP contribution in [0, 0.1) is 0 Å². The Bertz CT molecular complexity index is 1380. The van der Waals surface area contributed by atoms with Crippen LogP contribution in [0.2, 0.25) is 13.1 Å². The molecule has 2 unspecified atom stereocenters. The summed E-state index contributed by atoms with van der Waals surface area (Å²) in [4.78, 5) is 0. The SMILES string of the molecule is CC1=Cc2c(-c3ccccc3)cccc2[CH]1[Zr+2]([CH]1C(C)=Cc2c(-c3ccccc3)cccc21)[SiH](C)C.[H-].[H-]. The molecule has 0 aliphatic heterocycles. The molecule has 4 aromatic rings. The summed E-state index contributed by atoms with van der Waals surface area (Å²) in [6.07, 6.45) is 5.07. The van der Waals surface area contributed by atoms with E-state index in [0.717, 1.165) is 0 Å². The molecule has 2 atom stereocenters. The predicted octanol–water partition coefficient (Wildman–Crippen LogP) is 9.46. The van der Waals surface area contributed by atoms with Gasteiger partial charge in [-0.05, 0) is 0 Å². The fraction of sp³-hybridized carbons (Fsp3) is 0.176. The van der Waals surface area contributed by atoms with Crippen molar-refractivity contribution in [2.24, 2.45) is 0 Å². The Kier molecular flexibility index (Phi) is 6.44. The molecular formula is C34H35SiZr. The van der Waals surface area contributed by atoms with Crippen LogP contribution in [0.1, 0.15) is 46.2 Å². The molecule has 36 heavy (non-hydrogen) atoms. The number of hydrogen-bond acceptors (Lipinski definition) is 0. The van der Waals surface area contributed by atoms with E-state index in [1.807, 2.05) is 0 Å². The first-order chi connectivity index (χ1) is 17.5. The topological polar surface area (TPSA) is 0 Å². The zero-order valence-electron chi connectivity index (χ0n) is 23.6. The van der Waals surface area contributed by atoms with Crippen molar-refractivity contribution >= 4 is 18.1 Å². The number of allylic oxidation sites excluding steroid dienone is 2. The molecule has 0 saturated heterocycles. The van der Waals surface area contributed by atoms with Crippen molar-refractivity contribution in [3.05, 3.63) is 130 Å². The molecule has 0 heterocycles. The van der Waals surface area contributed by atoms with E-state index in [1.54, 1.807) is 22.3 Å². The average Bonchev–Trinajstić information content (AvgIpc) is 3.41. The molecule has 0 bridgehead atoms. The molecule has 0 radical (unpaired) electrons. The zero-order chi connectivity index (χ0) is 24.8. The average molecular weight is 563 g/mol. The minimum absolute atomic E-state index is 0. The second kappa shape index (κ2) is 9.73. The molecule has 0 fully saturated rings. The normalized spacial score (nSPS) is 18.0. The fourth-order valence-corrected chi connectivity index (χ4v) is 29.8. The van der Waals surface area contributed by atoms with E-state index < -0.39 is 26.8 Å². The van der Waals surface area contributed by atoms with Crippen LogP contribution in [0.15, 0.2) is 108 Å². The van der Waals surface area contributed by atoms with Crippen LogP contribution in [0.5, 0.6) is 0 Å². The second-order valence-electron chi connectivity index (χ2n) is 10.6. The molecule has 0 nitrogen and oxygen atoms in total. The molecule has 6 rings (SSSR count). The van der Waals surface area contributed by atoms with Crippen LogP contribution >= 0.6 is 0 Å². The third kappa shape index (κ3) is 4.00. The smallest absolute Gasteiger partial charge is 1.00 e. The minimum Gasteiger partial charge on any atom is -1.00 e. The quantitative estimate of drug-likeness (QED) is 0.213.